The van der Waals surface area contributed by atoms with Gasteiger partial charge in [-0.3, -0.25) is 4.79 Å². The highest BCUT2D eigenvalue weighted by molar-refractivity contribution is 7.99. The van der Waals surface area contributed by atoms with Crippen LogP contribution in [0.15, 0.2) is 0 Å². The Bertz CT molecular complexity index is 281. The Hall–Kier alpha value is -0.180. The van der Waals surface area contributed by atoms with Gasteiger partial charge in [0, 0.05) is 5.25 Å². The third kappa shape index (κ3) is 21.8. The Labute approximate surface area is 161 Å². The van der Waals surface area contributed by atoms with E-state index < -0.39 is 5.97 Å². The molecule has 2 nitrogen and oxygen atoms in total. The molecule has 0 fully saturated rings. The number of carboxylic acids is 1. The molecule has 0 aromatic carbocycles. The highest BCUT2D eigenvalue weighted by atomic mass is 32.2. The molecule has 0 aromatic heterocycles. The van der Waals surface area contributed by atoms with Crippen molar-refractivity contribution in [1.29, 1.82) is 0 Å². The zero-order valence-electron chi connectivity index (χ0n) is 17.1. The lowest BCUT2D eigenvalue weighted by molar-refractivity contribution is -0.136. The Morgan fingerprint density at radius 3 is 1.44 bits per heavy atom. The van der Waals surface area contributed by atoms with Crippen LogP contribution >= 0.6 is 11.8 Å². The maximum absolute atomic E-state index is 10.6. The largest absolute Gasteiger partial charge is 0.481 e. The van der Waals surface area contributed by atoms with Crippen LogP contribution in [-0.4, -0.2) is 22.1 Å². The van der Waals surface area contributed by atoms with Gasteiger partial charge < -0.3 is 5.11 Å². The molecule has 0 radical (unpaired) electrons. The van der Waals surface area contributed by atoms with Crippen molar-refractivity contribution in [3.8, 4) is 0 Å². The average Bonchev–Trinajstić information content (AvgIpc) is 2.57. The van der Waals surface area contributed by atoms with Gasteiger partial charge >= 0.3 is 5.97 Å². The molecule has 0 aliphatic carbocycles. The van der Waals surface area contributed by atoms with Gasteiger partial charge in [0.2, 0.25) is 0 Å². The van der Waals surface area contributed by atoms with Crippen LogP contribution in [0, 0.1) is 0 Å². The molecule has 0 amide bonds. The summed E-state index contributed by atoms with van der Waals surface area (Å²) in [5.41, 5.74) is 0. The number of hydrogen-bond acceptors (Lipinski definition) is 2. The molecule has 0 saturated carbocycles. The SMILES string of the molecule is CCCCCCCCCCCCCCCCCCSC(C)CC(=O)O. The van der Waals surface area contributed by atoms with Gasteiger partial charge in [-0.1, -0.05) is 110 Å². The molecule has 1 unspecified atom stereocenters. The van der Waals surface area contributed by atoms with Crippen LogP contribution in [0.1, 0.15) is 123 Å². The van der Waals surface area contributed by atoms with Gasteiger partial charge in [0.05, 0.1) is 6.42 Å². The zero-order valence-corrected chi connectivity index (χ0v) is 17.9. The normalized spacial score (nSPS) is 12.4. The lowest BCUT2D eigenvalue weighted by Gasteiger charge is -2.08. The van der Waals surface area contributed by atoms with Gasteiger partial charge in [-0.2, -0.15) is 11.8 Å². The molecule has 1 N–H and O–H groups in total. The van der Waals surface area contributed by atoms with Gasteiger partial charge in [-0.25, -0.2) is 0 Å². The molecule has 25 heavy (non-hydrogen) atoms. The van der Waals surface area contributed by atoms with Crippen LogP contribution in [0.5, 0.6) is 0 Å². The van der Waals surface area contributed by atoms with Crippen molar-refractivity contribution in [1.82, 2.24) is 0 Å². The Morgan fingerprint density at radius 1 is 0.720 bits per heavy atom. The van der Waals surface area contributed by atoms with E-state index in [1.807, 2.05) is 18.7 Å². The molecule has 3 heteroatoms. The first kappa shape index (κ1) is 24.8. The lowest BCUT2D eigenvalue weighted by Crippen LogP contribution is -2.06. The monoisotopic (exact) mass is 372 g/mol. The third-order valence-electron chi connectivity index (χ3n) is 4.86. The van der Waals surface area contributed by atoms with Crippen LogP contribution < -0.4 is 0 Å². The minimum atomic E-state index is -0.674. The van der Waals surface area contributed by atoms with Gasteiger partial charge in [-0.15, -0.1) is 0 Å². The number of unbranched alkanes of at least 4 members (excludes halogenated alkanes) is 15. The number of carbonyl (C=O) groups is 1. The van der Waals surface area contributed by atoms with Crippen LogP contribution in [0.4, 0.5) is 0 Å². The molecule has 0 heterocycles. The Kier molecular flexibility index (Phi) is 20.0. The molecular formula is C22H44O2S. The summed E-state index contributed by atoms with van der Waals surface area (Å²) in [5.74, 6) is 0.444. The van der Waals surface area contributed by atoms with Crippen molar-refractivity contribution >= 4 is 17.7 Å². The van der Waals surface area contributed by atoms with E-state index >= 15 is 0 Å². The van der Waals surface area contributed by atoms with Crippen molar-refractivity contribution in [2.75, 3.05) is 5.75 Å². The third-order valence-corrected chi connectivity index (χ3v) is 6.12. The van der Waals surface area contributed by atoms with Crippen molar-refractivity contribution in [2.24, 2.45) is 0 Å². The first-order valence-electron chi connectivity index (χ1n) is 11.0. The van der Waals surface area contributed by atoms with Crippen LogP contribution in [0.2, 0.25) is 0 Å². The maximum atomic E-state index is 10.6. The molecular weight excluding hydrogens is 328 g/mol. The van der Waals surface area contributed by atoms with Gasteiger partial charge in [0.15, 0.2) is 0 Å². The molecule has 0 rings (SSSR count). The maximum Gasteiger partial charge on any atom is 0.304 e. The van der Waals surface area contributed by atoms with E-state index in [1.165, 1.54) is 103 Å². The molecule has 0 bridgehead atoms. The van der Waals surface area contributed by atoms with Crippen molar-refractivity contribution in [3.63, 3.8) is 0 Å². The van der Waals surface area contributed by atoms with E-state index in [0.29, 0.717) is 6.42 Å². The predicted octanol–water partition coefficient (Wildman–Crippen LogP) is 7.84. The summed E-state index contributed by atoms with van der Waals surface area (Å²) < 4.78 is 0. The summed E-state index contributed by atoms with van der Waals surface area (Å²) in [4.78, 5) is 10.6. The molecule has 1 atom stereocenters. The van der Waals surface area contributed by atoms with E-state index in [1.54, 1.807) is 0 Å². The number of thioether (sulfide) groups is 1. The Balaban J connectivity index is 3.06. The topological polar surface area (TPSA) is 37.3 Å². The Morgan fingerprint density at radius 2 is 1.08 bits per heavy atom. The van der Waals surface area contributed by atoms with Crippen molar-refractivity contribution in [3.05, 3.63) is 0 Å². The molecule has 0 saturated heterocycles. The molecule has 0 spiro atoms. The fraction of sp³-hybridized carbons (Fsp3) is 0.955. The second-order valence-electron chi connectivity index (χ2n) is 7.58. The van der Waals surface area contributed by atoms with Crippen LogP contribution in [-0.2, 0) is 4.79 Å². The highest BCUT2D eigenvalue weighted by Crippen LogP contribution is 2.17. The lowest BCUT2D eigenvalue weighted by atomic mass is 10.0. The summed E-state index contributed by atoms with van der Waals surface area (Å²) in [5, 5.41) is 8.97. The highest BCUT2D eigenvalue weighted by Gasteiger charge is 2.06. The molecule has 150 valence electrons. The summed E-state index contributed by atoms with van der Waals surface area (Å²) in [6.07, 6.45) is 22.7. The summed E-state index contributed by atoms with van der Waals surface area (Å²) in [6, 6.07) is 0. The van der Waals surface area contributed by atoms with Crippen LogP contribution in [0.25, 0.3) is 0 Å². The van der Waals surface area contributed by atoms with Crippen LogP contribution in [0.3, 0.4) is 0 Å². The van der Waals surface area contributed by atoms with Gasteiger partial charge in [0.25, 0.3) is 0 Å². The first-order chi connectivity index (χ1) is 12.2. The summed E-state index contributed by atoms with van der Waals surface area (Å²) in [6.45, 7) is 4.30. The van der Waals surface area contributed by atoms with E-state index in [2.05, 4.69) is 6.92 Å². The molecule has 0 aliphatic rings. The van der Waals surface area contributed by atoms with E-state index in [-0.39, 0.29) is 5.25 Å². The minimum Gasteiger partial charge on any atom is -0.481 e. The van der Waals surface area contributed by atoms with E-state index in [4.69, 9.17) is 5.11 Å². The van der Waals surface area contributed by atoms with Gasteiger partial charge in [-0.05, 0) is 12.2 Å². The molecule has 0 aromatic rings. The van der Waals surface area contributed by atoms with Crippen molar-refractivity contribution in [2.45, 2.75) is 128 Å². The smallest absolute Gasteiger partial charge is 0.304 e. The number of aliphatic carboxylic acids is 1. The number of hydrogen-bond donors (Lipinski definition) is 1. The fourth-order valence-electron chi connectivity index (χ4n) is 3.24. The average molecular weight is 373 g/mol. The standard InChI is InChI=1S/C22H44O2S/c1-3-4-5-6-7-8-9-10-11-12-13-14-15-16-17-18-19-25-21(2)20-22(23)24/h21H,3-20H2,1-2H3,(H,23,24). The summed E-state index contributed by atoms with van der Waals surface area (Å²) in [7, 11) is 0. The van der Waals surface area contributed by atoms with E-state index in [0.717, 1.165) is 5.75 Å². The molecule has 0 aliphatic heterocycles. The fourth-order valence-corrected chi connectivity index (χ4v) is 4.27. The second-order valence-corrected chi connectivity index (χ2v) is 9.13. The quantitative estimate of drug-likeness (QED) is 0.221. The van der Waals surface area contributed by atoms with Crippen molar-refractivity contribution < 1.29 is 9.90 Å². The minimum absolute atomic E-state index is 0.258. The van der Waals surface area contributed by atoms with Gasteiger partial charge in [0.1, 0.15) is 0 Å². The predicted molar refractivity (Wildman–Crippen MR) is 114 cm³/mol. The number of rotatable bonds is 20. The van der Waals surface area contributed by atoms with E-state index in [9.17, 15) is 4.79 Å². The second kappa shape index (κ2) is 20.1. The summed E-state index contributed by atoms with van der Waals surface area (Å²) >= 11 is 1.81. The zero-order chi connectivity index (χ0) is 18.6. The number of carboxylic acid groups (broad SMARTS) is 1. The first-order valence-corrected chi connectivity index (χ1v) is 12.0.